The Kier molecular flexibility index (Phi) is 6.87. The molecule has 1 aromatic carbocycles. The zero-order valence-electron chi connectivity index (χ0n) is 19.0. The van der Waals surface area contributed by atoms with Crippen LogP contribution < -0.4 is 9.47 Å². The second-order valence-electron chi connectivity index (χ2n) is 7.59. The van der Waals surface area contributed by atoms with Gasteiger partial charge in [-0.15, -0.1) is 0 Å². The van der Waals surface area contributed by atoms with Gasteiger partial charge in [0.05, 0.1) is 30.4 Å². The lowest BCUT2D eigenvalue weighted by molar-refractivity contribution is -0.140. The predicted octanol–water partition coefficient (Wildman–Crippen LogP) is 3.90. The smallest absolute Gasteiger partial charge is 0.295 e. The zero-order valence-corrected chi connectivity index (χ0v) is 19.0. The maximum atomic E-state index is 13.2. The van der Waals surface area contributed by atoms with Crippen LogP contribution in [0.1, 0.15) is 36.6 Å². The molecule has 8 nitrogen and oxygen atoms in total. The van der Waals surface area contributed by atoms with Gasteiger partial charge in [-0.2, -0.15) is 0 Å². The minimum Gasteiger partial charge on any atom is -0.507 e. The Balaban J connectivity index is 1.86. The maximum absolute atomic E-state index is 13.2. The maximum Gasteiger partial charge on any atom is 0.295 e. The van der Waals surface area contributed by atoms with E-state index in [0.717, 1.165) is 5.56 Å². The zero-order chi connectivity index (χ0) is 24.1. The summed E-state index contributed by atoms with van der Waals surface area (Å²) >= 11 is 0. The molecule has 0 spiro atoms. The molecular weight excluding hydrogens is 434 g/mol. The van der Waals surface area contributed by atoms with Gasteiger partial charge in [0.15, 0.2) is 0 Å². The Hall–Kier alpha value is -4.20. The third kappa shape index (κ3) is 4.47. The molecule has 1 aliphatic heterocycles. The van der Waals surface area contributed by atoms with Crippen LogP contribution in [0.25, 0.3) is 5.76 Å². The molecule has 34 heavy (non-hydrogen) atoms. The molecule has 4 rings (SSSR count). The highest BCUT2D eigenvalue weighted by molar-refractivity contribution is 6.46. The molecule has 1 atom stereocenters. The summed E-state index contributed by atoms with van der Waals surface area (Å²) in [5.74, 6) is -0.843. The van der Waals surface area contributed by atoms with E-state index in [1.807, 2.05) is 13.8 Å². The Bertz CT molecular complexity index is 1210. The van der Waals surface area contributed by atoms with E-state index in [4.69, 9.17) is 9.47 Å². The van der Waals surface area contributed by atoms with Crippen LogP contribution in [-0.4, -0.2) is 44.9 Å². The molecular formula is C26H25N3O5. The van der Waals surface area contributed by atoms with Crippen LogP contribution in [0.2, 0.25) is 0 Å². The molecule has 0 aliphatic carbocycles. The van der Waals surface area contributed by atoms with Gasteiger partial charge in [0.1, 0.15) is 17.3 Å². The fraction of sp³-hybridized carbons (Fsp3) is 0.231. The van der Waals surface area contributed by atoms with Crippen LogP contribution in [0.15, 0.2) is 72.8 Å². The normalized spacial score (nSPS) is 17.1. The predicted molar refractivity (Wildman–Crippen MR) is 125 cm³/mol. The van der Waals surface area contributed by atoms with Crippen molar-refractivity contribution < 1.29 is 24.2 Å². The number of Topliss-reactive ketones (excluding diaryl/α,β-unsaturated/α-hetero) is 1. The Morgan fingerprint density at radius 2 is 1.76 bits per heavy atom. The van der Waals surface area contributed by atoms with Crippen LogP contribution in [0, 0.1) is 0 Å². The molecule has 1 N–H and O–H groups in total. The largest absolute Gasteiger partial charge is 0.507 e. The van der Waals surface area contributed by atoms with E-state index in [9.17, 15) is 14.7 Å². The van der Waals surface area contributed by atoms with Crippen molar-refractivity contribution in [1.29, 1.82) is 0 Å². The lowest BCUT2D eigenvalue weighted by Crippen LogP contribution is -2.29. The molecule has 1 amide bonds. The molecule has 0 radical (unpaired) electrons. The van der Waals surface area contributed by atoms with Crippen LogP contribution >= 0.6 is 0 Å². The Labute approximate surface area is 197 Å². The molecule has 174 valence electrons. The summed E-state index contributed by atoms with van der Waals surface area (Å²) in [7, 11) is 0. The number of carbonyl (C=O) groups is 2. The second-order valence-corrected chi connectivity index (χ2v) is 7.59. The number of aliphatic hydroxyl groups is 1. The first-order valence-electron chi connectivity index (χ1n) is 11.0. The summed E-state index contributed by atoms with van der Waals surface area (Å²) in [6.07, 6.45) is 6.45. The monoisotopic (exact) mass is 459 g/mol. The number of ketones is 1. The summed E-state index contributed by atoms with van der Waals surface area (Å²) in [5.41, 5.74) is 1.71. The molecule has 1 aliphatic rings. The van der Waals surface area contributed by atoms with Gasteiger partial charge in [-0.3, -0.25) is 19.6 Å². The van der Waals surface area contributed by atoms with Crippen LogP contribution in [-0.2, 0) is 16.1 Å². The second kappa shape index (κ2) is 10.2. The number of aliphatic hydroxyl groups excluding tert-OH is 1. The van der Waals surface area contributed by atoms with Gasteiger partial charge in [0.2, 0.25) is 0 Å². The molecule has 1 fully saturated rings. The number of hydrogen-bond donors (Lipinski definition) is 1. The van der Waals surface area contributed by atoms with E-state index in [0.29, 0.717) is 35.8 Å². The Morgan fingerprint density at radius 3 is 2.44 bits per heavy atom. The average molecular weight is 460 g/mol. The summed E-state index contributed by atoms with van der Waals surface area (Å²) in [6.45, 7) is 4.67. The van der Waals surface area contributed by atoms with Crippen LogP contribution in [0.4, 0.5) is 0 Å². The summed E-state index contributed by atoms with van der Waals surface area (Å²) in [4.78, 5) is 36.0. The quantitative estimate of drug-likeness (QED) is 0.310. The number of rotatable bonds is 8. The summed E-state index contributed by atoms with van der Waals surface area (Å²) in [6, 6.07) is 11.2. The highest BCUT2D eigenvalue weighted by Gasteiger charge is 2.46. The number of aromatic nitrogens is 2. The van der Waals surface area contributed by atoms with Crippen molar-refractivity contribution in [3.05, 3.63) is 89.5 Å². The van der Waals surface area contributed by atoms with Crippen LogP contribution in [0.5, 0.6) is 11.5 Å². The third-order valence-corrected chi connectivity index (χ3v) is 5.46. The topological polar surface area (TPSA) is 102 Å². The number of carbonyl (C=O) groups excluding carboxylic acids is 2. The minimum absolute atomic E-state index is 0.0165. The van der Waals surface area contributed by atoms with E-state index in [-0.39, 0.29) is 17.9 Å². The van der Waals surface area contributed by atoms with E-state index in [1.54, 1.807) is 67.3 Å². The third-order valence-electron chi connectivity index (χ3n) is 5.46. The van der Waals surface area contributed by atoms with E-state index < -0.39 is 17.7 Å². The van der Waals surface area contributed by atoms with Gasteiger partial charge in [-0.05, 0) is 55.3 Å². The SMILES string of the molecule is CCOc1ccc(/C(O)=C2/C(=O)C(=O)N(Cc3ccncc3)C2c2cccnc2)c(OCC)c1. The number of benzene rings is 1. The van der Waals surface area contributed by atoms with Crippen molar-refractivity contribution in [1.82, 2.24) is 14.9 Å². The van der Waals surface area contributed by atoms with Crippen molar-refractivity contribution in [3.8, 4) is 11.5 Å². The van der Waals surface area contributed by atoms with Gasteiger partial charge in [-0.1, -0.05) is 6.07 Å². The molecule has 0 bridgehead atoms. The summed E-state index contributed by atoms with van der Waals surface area (Å²) < 4.78 is 11.3. The van der Waals surface area contributed by atoms with Gasteiger partial charge in [0.25, 0.3) is 11.7 Å². The number of amides is 1. The first-order chi connectivity index (χ1) is 16.5. The van der Waals surface area contributed by atoms with Crippen molar-refractivity contribution >= 4 is 17.4 Å². The van der Waals surface area contributed by atoms with Crippen LogP contribution in [0.3, 0.4) is 0 Å². The lowest BCUT2D eigenvalue weighted by atomic mass is 9.95. The van der Waals surface area contributed by atoms with Gasteiger partial charge in [-0.25, -0.2) is 0 Å². The van der Waals surface area contributed by atoms with E-state index >= 15 is 0 Å². The highest BCUT2D eigenvalue weighted by Crippen LogP contribution is 2.42. The van der Waals surface area contributed by atoms with Gasteiger partial charge < -0.3 is 19.5 Å². The standard InChI is InChI=1S/C26H25N3O5/c1-3-33-19-7-8-20(21(14-19)34-4-2)24(30)22-23(18-6-5-11-28-15-18)29(26(32)25(22)31)16-17-9-12-27-13-10-17/h5-15,23,30H,3-4,16H2,1-2H3/b24-22-. The van der Waals surface area contributed by atoms with Crippen molar-refractivity contribution in [2.24, 2.45) is 0 Å². The van der Waals surface area contributed by atoms with Crippen molar-refractivity contribution in [2.45, 2.75) is 26.4 Å². The summed E-state index contributed by atoms with van der Waals surface area (Å²) in [5, 5.41) is 11.4. The molecule has 3 aromatic rings. The lowest BCUT2D eigenvalue weighted by Gasteiger charge is -2.25. The highest BCUT2D eigenvalue weighted by atomic mass is 16.5. The van der Waals surface area contributed by atoms with Crippen molar-refractivity contribution in [2.75, 3.05) is 13.2 Å². The molecule has 1 unspecified atom stereocenters. The number of ether oxygens (including phenoxy) is 2. The molecule has 0 saturated carbocycles. The fourth-order valence-corrected chi connectivity index (χ4v) is 3.99. The number of pyridine rings is 2. The van der Waals surface area contributed by atoms with E-state index in [1.165, 1.54) is 4.90 Å². The average Bonchev–Trinajstić information content (AvgIpc) is 3.10. The molecule has 8 heteroatoms. The first-order valence-corrected chi connectivity index (χ1v) is 11.0. The minimum atomic E-state index is -0.817. The number of hydrogen-bond acceptors (Lipinski definition) is 7. The molecule has 3 heterocycles. The molecule has 1 saturated heterocycles. The van der Waals surface area contributed by atoms with E-state index in [2.05, 4.69) is 9.97 Å². The molecule has 2 aromatic heterocycles. The fourth-order valence-electron chi connectivity index (χ4n) is 3.99. The van der Waals surface area contributed by atoms with Crippen molar-refractivity contribution in [3.63, 3.8) is 0 Å². The van der Waals surface area contributed by atoms with Gasteiger partial charge >= 0.3 is 0 Å². The van der Waals surface area contributed by atoms with Gasteiger partial charge in [0, 0.05) is 37.4 Å². The number of likely N-dealkylation sites (tertiary alicyclic amines) is 1. The Morgan fingerprint density at radius 1 is 1.00 bits per heavy atom. The number of nitrogens with zero attached hydrogens (tertiary/aromatic N) is 3. The first kappa shape index (κ1) is 23.0.